The van der Waals surface area contributed by atoms with Crippen LogP contribution in [0.3, 0.4) is 0 Å². The number of nitrogens with one attached hydrogen (secondary N) is 6. The minimum absolute atomic E-state index is 0.0334. The summed E-state index contributed by atoms with van der Waals surface area (Å²) in [5, 5.41) is 15.9. The quantitative estimate of drug-likeness (QED) is 0.163. The summed E-state index contributed by atoms with van der Waals surface area (Å²) in [5.74, 6) is -3.79. The van der Waals surface area contributed by atoms with E-state index in [0.717, 1.165) is 0 Å². The summed E-state index contributed by atoms with van der Waals surface area (Å²) >= 11 is 0. The van der Waals surface area contributed by atoms with Gasteiger partial charge in [0.25, 0.3) is 0 Å². The predicted molar refractivity (Wildman–Crippen MR) is 174 cm³/mol. The van der Waals surface area contributed by atoms with Crippen LogP contribution in [-0.4, -0.2) is 103 Å². The Morgan fingerprint density at radius 3 is 2.00 bits per heavy atom. The van der Waals surface area contributed by atoms with Crippen LogP contribution in [0, 0.1) is 5.92 Å². The maximum atomic E-state index is 13.5. The fraction of sp³-hybridized carbons (Fsp3) is 0.625. The molecule has 15 nitrogen and oxygen atoms in total. The Kier molecular flexibility index (Phi) is 13.4. The van der Waals surface area contributed by atoms with Gasteiger partial charge in [0.05, 0.1) is 32.0 Å². The molecule has 0 aromatic carbocycles. The van der Waals surface area contributed by atoms with Gasteiger partial charge >= 0.3 is 0 Å². The van der Waals surface area contributed by atoms with Gasteiger partial charge in [-0.05, 0) is 55.4 Å². The largest absolute Gasteiger partial charge is 0.375 e. The topological polar surface area (TPSA) is 219 Å². The van der Waals surface area contributed by atoms with Crippen LogP contribution >= 0.6 is 0 Å². The van der Waals surface area contributed by atoms with Crippen molar-refractivity contribution in [2.75, 3.05) is 33.0 Å². The Morgan fingerprint density at radius 2 is 1.43 bits per heavy atom. The average molecular weight is 662 g/mol. The van der Waals surface area contributed by atoms with Gasteiger partial charge in [-0.2, -0.15) is 0 Å². The summed E-state index contributed by atoms with van der Waals surface area (Å²) in [6.45, 7) is 11.7. The molecule has 1 aliphatic carbocycles. The smallest absolute Gasteiger partial charge is 0.246 e. The van der Waals surface area contributed by atoms with Crippen LogP contribution in [0.5, 0.6) is 0 Å². The summed E-state index contributed by atoms with van der Waals surface area (Å²) in [5.41, 5.74) is 0.136. The van der Waals surface area contributed by atoms with Crippen molar-refractivity contribution in [1.82, 2.24) is 31.9 Å². The van der Waals surface area contributed by atoms with Crippen molar-refractivity contribution in [2.24, 2.45) is 11.7 Å². The molecule has 2 atom stereocenters. The van der Waals surface area contributed by atoms with E-state index >= 15 is 0 Å². The zero-order chi connectivity index (χ0) is 35.6. The molecule has 0 fully saturated rings. The summed E-state index contributed by atoms with van der Waals surface area (Å²) in [6, 6.07) is -2.42. The molecule has 0 saturated carbocycles. The van der Waals surface area contributed by atoms with Gasteiger partial charge in [-0.15, -0.1) is 0 Å². The fourth-order valence-corrected chi connectivity index (χ4v) is 4.14. The molecule has 0 spiro atoms. The second-order valence-corrected chi connectivity index (χ2v) is 13.8. The molecule has 1 aliphatic heterocycles. The molecule has 15 heteroatoms. The summed E-state index contributed by atoms with van der Waals surface area (Å²) < 4.78 is 11.2. The molecular weight excluding hydrogens is 610 g/mol. The molecule has 2 aliphatic rings. The van der Waals surface area contributed by atoms with E-state index in [1.54, 1.807) is 26.0 Å². The van der Waals surface area contributed by atoms with Crippen molar-refractivity contribution in [3.63, 3.8) is 0 Å². The lowest BCUT2D eigenvalue weighted by atomic mass is 9.97. The highest BCUT2D eigenvalue weighted by Crippen LogP contribution is 2.12. The van der Waals surface area contributed by atoms with Crippen LogP contribution in [0.15, 0.2) is 36.5 Å². The van der Waals surface area contributed by atoms with Crippen LogP contribution in [-0.2, 0) is 38.2 Å². The number of hydrogen-bond donors (Lipinski definition) is 7. The number of nitrogens with two attached hydrogens (primary N) is 1. The van der Waals surface area contributed by atoms with E-state index in [0.29, 0.717) is 6.54 Å². The Hall–Kier alpha value is -4.08. The Labute approximate surface area is 276 Å². The summed E-state index contributed by atoms with van der Waals surface area (Å²) in [7, 11) is 0. The summed E-state index contributed by atoms with van der Waals surface area (Å²) in [4.78, 5) is 78.9. The number of carbonyl (C=O) groups is 6. The molecule has 47 heavy (non-hydrogen) atoms. The van der Waals surface area contributed by atoms with Crippen LogP contribution in [0.1, 0.15) is 55.4 Å². The molecule has 0 saturated heterocycles. The van der Waals surface area contributed by atoms with Crippen molar-refractivity contribution in [3.8, 4) is 0 Å². The Morgan fingerprint density at radius 1 is 0.872 bits per heavy atom. The fourth-order valence-electron chi connectivity index (χ4n) is 4.14. The van der Waals surface area contributed by atoms with Gasteiger partial charge in [0.15, 0.2) is 0 Å². The average Bonchev–Trinajstić information content (AvgIpc) is 3.47. The first-order chi connectivity index (χ1) is 21.7. The second-order valence-electron chi connectivity index (χ2n) is 13.8. The number of hydrogen-bond acceptors (Lipinski definition) is 9. The second kappa shape index (κ2) is 16.2. The van der Waals surface area contributed by atoms with E-state index in [1.165, 1.54) is 41.5 Å². The van der Waals surface area contributed by atoms with Crippen molar-refractivity contribution < 1.29 is 38.2 Å². The molecule has 262 valence electrons. The zero-order valence-corrected chi connectivity index (χ0v) is 28.6. The maximum Gasteiger partial charge on any atom is 0.246 e. The lowest BCUT2D eigenvalue weighted by Gasteiger charge is -2.34. The number of carbonyl (C=O) groups excluding carboxylic acids is 6. The van der Waals surface area contributed by atoms with Gasteiger partial charge in [0.1, 0.15) is 28.7 Å². The third-order valence-electron chi connectivity index (χ3n) is 7.32. The summed E-state index contributed by atoms with van der Waals surface area (Å²) in [6.07, 6.45) is 10.9. The monoisotopic (exact) mass is 661 g/mol. The molecule has 2 unspecified atom stereocenters. The first-order valence-electron chi connectivity index (χ1n) is 15.5. The van der Waals surface area contributed by atoms with E-state index in [9.17, 15) is 28.8 Å². The number of ether oxygens (including phenoxy) is 2. The molecule has 2 rings (SSSR count). The molecule has 0 aromatic heterocycles. The van der Waals surface area contributed by atoms with Crippen molar-refractivity contribution in [1.29, 1.82) is 0 Å². The number of rotatable bonds is 7. The number of allylic oxidation sites excluding steroid dienone is 2. The van der Waals surface area contributed by atoms with E-state index in [4.69, 9.17) is 15.2 Å². The molecule has 0 bridgehead atoms. The Bertz CT molecular complexity index is 1270. The lowest BCUT2D eigenvalue weighted by molar-refractivity contribution is -0.140. The molecular formula is C32H51N7O8. The standard InChI is InChI=1S/C32H51N7O8/c1-29(2,33)25(42)35-21-18-46-15-11-12-16-47-19-22(24(41)37-30(3,4)26(43)34-17-20-13-9-10-14-20)36-27(44)31(5,6)39-28(45)32(7,8)38-23(21)40/h9-14,20-22H,15-19,33H2,1-8H3,(H,34,43)(H,35,42)(H,36,44)(H,37,41)(H,38,40)(H,39,45)/b12-11+. The highest BCUT2D eigenvalue weighted by Gasteiger charge is 2.40. The van der Waals surface area contributed by atoms with Gasteiger partial charge in [0.2, 0.25) is 35.4 Å². The maximum absolute atomic E-state index is 13.5. The zero-order valence-electron chi connectivity index (χ0n) is 28.6. The van der Waals surface area contributed by atoms with Gasteiger partial charge in [-0.1, -0.05) is 36.5 Å². The van der Waals surface area contributed by atoms with Crippen LogP contribution in [0.2, 0.25) is 0 Å². The minimum atomic E-state index is -1.57. The van der Waals surface area contributed by atoms with Crippen molar-refractivity contribution in [2.45, 2.75) is 89.6 Å². The SMILES string of the molecule is CC(C)(N)C(=O)NC1COC/C=C/COCC(C(=O)NC(C)(C)C(=O)NCC2C=CC=C2)NC(=O)C(C)(C)NC(=O)C(C)(C)NC1=O. The molecule has 8 N–H and O–H groups in total. The number of amides is 6. The van der Waals surface area contributed by atoms with Gasteiger partial charge in [-0.3, -0.25) is 28.8 Å². The molecule has 1 heterocycles. The predicted octanol–water partition coefficient (Wildman–Crippen LogP) is -1.16. The first kappa shape index (κ1) is 39.1. The lowest BCUT2D eigenvalue weighted by Crippen LogP contribution is -2.67. The Balaban J connectivity index is 2.23. The molecule has 0 radical (unpaired) electrons. The van der Waals surface area contributed by atoms with Crippen LogP contribution < -0.4 is 37.6 Å². The molecule has 6 amide bonds. The van der Waals surface area contributed by atoms with Gasteiger partial charge in [0, 0.05) is 12.5 Å². The van der Waals surface area contributed by atoms with Crippen molar-refractivity contribution in [3.05, 3.63) is 36.5 Å². The highest BCUT2D eigenvalue weighted by atomic mass is 16.5. The first-order valence-corrected chi connectivity index (χ1v) is 15.5. The van der Waals surface area contributed by atoms with E-state index in [1.807, 2.05) is 24.3 Å². The van der Waals surface area contributed by atoms with Crippen LogP contribution in [0.25, 0.3) is 0 Å². The van der Waals surface area contributed by atoms with Gasteiger partial charge in [-0.25, -0.2) is 0 Å². The van der Waals surface area contributed by atoms with E-state index < -0.39 is 69.7 Å². The van der Waals surface area contributed by atoms with Crippen molar-refractivity contribution >= 4 is 35.4 Å². The normalized spacial score (nSPS) is 23.7. The van der Waals surface area contributed by atoms with Gasteiger partial charge < -0.3 is 47.1 Å². The molecule has 0 aromatic rings. The third kappa shape index (κ3) is 12.2. The van der Waals surface area contributed by atoms with E-state index in [-0.39, 0.29) is 32.3 Å². The van der Waals surface area contributed by atoms with E-state index in [2.05, 4.69) is 31.9 Å². The van der Waals surface area contributed by atoms with Crippen LogP contribution in [0.4, 0.5) is 0 Å². The highest BCUT2D eigenvalue weighted by molar-refractivity contribution is 5.99. The minimum Gasteiger partial charge on any atom is -0.375 e. The third-order valence-corrected chi connectivity index (χ3v) is 7.32.